The summed E-state index contributed by atoms with van der Waals surface area (Å²) in [7, 11) is 1.68. The minimum Gasteiger partial charge on any atom is -0.494 e. The van der Waals surface area contributed by atoms with Crippen LogP contribution in [0.5, 0.6) is 5.75 Å². The molecule has 0 unspecified atom stereocenters. The molecular formula is C23H34N4O2. The number of anilines is 1. The van der Waals surface area contributed by atoms with Crippen LogP contribution in [0.2, 0.25) is 0 Å². The number of aryl methyl sites for hydroxylation is 1. The van der Waals surface area contributed by atoms with Crippen LogP contribution >= 0.6 is 0 Å². The third kappa shape index (κ3) is 5.82. The first-order chi connectivity index (χ1) is 13.7. The van der Waals surface area contributed by atoms with Crippen molar-refractivity contribution in [3.63, 3.8) is 0 Å². The summed E-state index contributed by atoms with van der Waals surface area (Å²) in [6, 6.07) is 8.14. The topological polar surface area (TPSA) is 66.5 Å². The van der Waals surface area contributed by atoms with E-state index in [9.17, 15) is 4.79 Å². The third-order valence-corrected chi connectivity index (χ3v) is 5.32. The number of carbonyl (C=O) groups excluding carboxylic acids is 1. The molecule has 1 saturated heterocycles. The second kappa shape index (κ2) is 8.99. The Bertz CT molecular complexity index is 852. The van der Waals surface area contributed by atoms with Crippen molar-refractivity contribution >= 4 is 22.5 Å². The van der Waals surface area contributed by atoms with Crippen molar-refractivity contribution < 1.29 is 9.53 Å². The van der Waals surface area contributed by atoms with Gasteiger partial charge in [0.2, 0.25) is 5.91 Å². The predicted octanol–water partition coefficient (Wildman–Crippen LogP) is 3.59. The first kappa shape index (κ1) is 21.4. The van der Waals surface area contributed by atoms with Gasteiger partial charge in [0, 0.05) is 28.9 Å². The summed E-state index contributed by atoms with van der Waals surface area (Å²) in [6.07, 6.45) is 2.20. The molecule has 158 valence electrons. The highest BCUT2D eigenvalue weighted by atomic mass is 16.5. The Hall–Kier alpha value is -2.34. The molecule has 0 atom stereocenters. The predicted molar refractivity (Wildman–Crippen MR) is 119 cm³/mol. The van der Waals surface area contributed by atoms with E-state index in [1.165, 1.54) is 0 Å². The number of amides is 1. The normalized spacial score (nSPS) is 16.0. The van der Waals surface area contributed by atoms with Crippen LogP contribution in [0.1, 0.15) is 39.3 Å². The Kier molecular flexibility index (Phi) is 6.63. The molecule has 1 fully saturated rings. The Morgan fingerprint density at radius 1 is 1.28 bits per heavy atom. The number of nitrogens with zero attached hydrogens (tertiary/aromatic N) is 2. The zero-order chi connectivity index (χ0) is 21.0. The number of para-hydroxylation sites is 1. The van der Waals surface area contributed by atoms with Gasteiger partial charge in [-0.05, 0) is 71.7 Å². The van der Waals surface area contributed by atoms with E-state index in [0.29, 0.717) is 12.5 Å². The van der Waals surface area contributed by atoms with E-state index in [1.54, 1.807) is 7.11 Å². The number of hydrogen-bond acceptors (Lipinski definition) is 5. The van der Waals surface area contributed by atoms with Gasteiger partial charge in [0.1, 0.15) is 11.3 Å². The van der Waals surface area contributed by atoms with Crippen molar-refractivity contribution in [3.05, 3.63) is 30.0 Å². The molecule has 0 saturated carbocycles. The highest BCUT2D eigenvalue weighted by molar-refractivity contribution is 5.95. The van der Waals surface area contributed by atoms with Gasteiger partial charge < -0.3 is 15.4 Å². The van der Waals surface area contributed by atoms with Crippen molar-refractivity contribution in [3.8, 4) is 5.75 Å². The Morgan fingerprint density at radius 3 is 2.66 bits per heavy atom. The summed E-state index contributed by atoms with van der Waals surface area (Å²) in [5, 5.41) is 7.78. The highest BCUT2D eigenvalue weighted by Crippen LogP contribution is 2.30. The summed E-state index contributed by atoms with van der Waals surface area (Å²) < 4.78 is 5.48. The molecule has 1 aromatic heterocycles. The fourth-order valence-electron chi connectivity index (χ4n) is 3.93. The second-order valence-electron chi connectivity index (χ2n) is 9.07. The molecular weight excluding hydrogens is 364 g/mol. The number of fused-ring (bicyclic) bond motifs is 1. The molecule has 0 spiro atoms. The molecule has 1 aliphatic rings. The molecule has 2 aromatic rings. The fourth-order valence-corrected chi connectivity index (χ4v) is 3.93. The SMILES string of the molecule is COc1cccc2c(NCC3CCN(CC(=O)NC(C)(C)C)CC3)cc(C)nc12. The molecule has 1 amide bonds. The number of carbonyl (C=O) groups is 1. The molecule has 29 heavy (non-hydrogen) atoms. The Morgan fingerprint density at radius 2 is 2.00 bits per heavy atom. The smallest absolute Gasteiger partial charge is 0.234 e. The molecule has 6 heteroatoms. The van der Waals surface area contributed by atoms with E-state index in [0.717, 1.165) is 60.5 Å². The quantitative estimate of drug-likeness (QED) is 0.778. The molecule has 3 rings (SSSR count). The van der Waals surface area contributed by atoms with Gasteiger partial charge in [-0.25, -0.2) is 4.98 Å². The van der Waals surface area contributed by atoms with Crippen LogP contribution in [-0.2, 0) is 4.79 Å². The molecule has 1 aliphatic heterocycles. The molecule has 0 bridgehead atoms. The van der Waals surface area contributed by atoms with E-state index >= 15 is 0 Å². The van der Waals surface area contributed by atoms with E-state index in [-0.39, 0.29) is 11.4 Å². The summed E-state index contributed by atoms with van der Waals surface area (Å²) in [6.45, 7) is 11.4. The Balaban J connectivity index is 1.55. The van der Waals surface area contributed by atoms with Gasteiger partial charge in [0.05, 0.1) is 13.7 Å². The zero-order valence-corrected chi connectivity index (χ0v) is 18.3. The lowest BCUT2D eigenvalue weighted by Gasteiger charge is -2.32. The largest absolute Gasteiger partial charge is 0.494 e. The van der Waals surface area contributed by atoms with Gasteiger partial charge in [-0.1, -0.05) is 12.1 Å². The minimum absolute atomic E-state index is 0.113. The average Bonchev–Trinajstić information content (AvgIpc) is 2.65. The molecule has 2 N–H and O–H groups in total. The number of nitrogens with one attached hydrogen (secondary N) is 2. The zero-order valence-electron chi connectivity index (χ0n) is 18.3. The van der Waals surface area contributed by atoms with E-state index < -0.39 is 0 Å². The molecule has 2 heterocycles. The number of piperidine rings is 1. The molecule has 6 nitrogen and oxygen atoms in total. The summed E-state index contributed by atoms with van der Waals surface area (Å²) >= 11 is 0. The van der Waals surface area contributed by atoms with Crippen molar-refractivity contribution in [1.82, 2.24) is 15.2 Å². The van der Waals surface area contributed by atoms with E-state index in [2.05, 4.69) is 32.7 Å². The number of pyridine rings is 1. The summed E-state index contributed by atoms with van der Waals surface area (Å²) in [5.74, 6) is 1.52. The molecule has 0 aliphatic carbocycles. The number of aromatic nitrogens is 1. The van der Waals surface area contributed by atoms with E-state index in [1.807, 2.05) is 39.8 Å². The van der Waals surface area contributed by atoms with Crippen LogP contribution in [0.15, 0.2) is 24.3 Å². The molecule has 0 radical (unpaired) electrons. The standard InChI is InChI=1S/C23H34N4O2/c1-16-13-19(18-7-6-8-20(29-5)22(18)25-16)24-14-17-9-11-27(12-10-17)15-21(28)26-23(2,3)4/h6-8,13,17H,9-12,14-15H2,1-5H3,(H,24,25)(H,26,28). The van der Waals surface area contributed by atoms with Crippen LogP contribution in [0, 0.1) is 12.8 Å². The number of benzene rings is 1. The van der Waals surface area contributed by atoms with Crippen molar-refractivity contribution in [2.75, 3.05) is 38.6 Å². The summed E-state index contributed by atoms with van der Waals surface area (Å²) in [4.78, 5) is 19.1. The number of methoxy groups -OCH3 is 1. The molecule has 1 aromatic carbocycles. The maximum atomic E-state index is 12.1. The van der Waals surface area contributed by atoms with Crippen LogP contribution < -0.4 is 15.4 Å². The number of ether oxygens (including phenoxy) is 1. The van der Waals surface area contributed by atoms with Crippen LogP contribution in [0.4, 0.5) is 5.69 Å². The number of likely N-dealkylation sites (tertiary alicyclic amines) is 1. The van der Waals surface area contributed by atoms with Crippen molar-refractivity contribution in [1.29, 1.82) is 0 Å². The monoisotopic (exact) mass is 398 g/mol. The summed E-state index contributed by atoms with van der Waals surface area (Å²) in [5.41, 5.74) is 2.81. The number of rotatable bonds is 6. The maximum Gasteiger partial charge on any atom is 0.234 e. The van der Waals surface area contributed by atoms with Gasteiger partial charge in [-0.15, -0.1) is 0 Å². The number of hydrogen-bond donors (Lipinski definition) is 2. The minimum atomic E-state index is -0.173. The van der Waals surface area contributed by atoms with Gasteiger partial charge in [0.25, 0.3) is 0 Å². The second-order valence-corrected chi connectivity index (χ2v) is 9.07. The van der Waals surface area contributed by atoms with Crippen molar-refractivity contribution in [2.45, 2.75) is 46.1 Å². The van der Waals surface area contributed by atoms with Crippen LogP contribution in [0.25, 0.3) is 10.9 Å². The van der Waals surface area contributed by atoms with Crippen molar-refractivity contribution in [2.24, 2.45) is 5.92 Å². The lowest BCUT2D eigenvalue weighted by Crippen LogP contribution is -2.47. The van der Waals surface area contributed by atoms with Gasteiger partial charge in [-0.3, -0.25) is 9.69 Å². The Labute approximate surface area is 174 Å². The van der Waals surface area contributed by atoms with Crippen LogP contribution in [-0.4, -0.2) is 54.6 Å². The first-order valence-electron chi connectivity index (χ1n) is 10.5. The van der Waals surface area contributed by atoms with E-state index in [4.69, 9.17) is 4.74 Å². The highest BCUT2D eigenvalue weighted by Gasteiger charge is 2.22. The fraction of sp³-hybridized carbons (Fsp3) is 0.565. The lowest BCUT2D eigenvalue weighted by atomic mass is 9.96. The van der Waals surface area contributed by atoms with Crippen LogP contribution in [0.3, 0.4) is 0 Å². The average molecular weight is 399 g/mol. The van der Waals surface area contributed by atoms with Gasteiger partial charge in [0.15, 0.2) is 0 Å². The third-order valence-electron chi connectivity index (χ3n) is 5.32. The first-order valence-corrected chi connectivity index (χ1v) is 10.5. The lowest BCUT2D eigenvalue weighted by molar-refractivity contribution is -0.124. The van der Waals surface area contributed by atoms with Gasteiger partial charge in [-0.2, -0.15) is 0 Å². The maximum absolute atomic E-state index is 12.1. The van der Waals surface area contributed by atoms with Gasteiger partial charge >= 0.3 is 0 Å².